The molecule has 2 aromatic carbocycles. The highest BCUT2D eigenvalue weighted by Gasteiger charge is 2.40. The van der Waals surface area contributed by atoms with Crippen LogP contribution in [-0.4, -0.2) is 29.8 Å². The molecule has 7 nitrogen and oxygen atoms in total. The number of rotatable bonds is 15. The maximum Gasteiger partial charge on any atom is 0.266 e. The largest absolute Gasteiger partial charge is 0.372 e. The first-order valence-electron chi connectivity index (χ1n) is 14.7. The van der Waals surface area contributed by atoms with Crippen molar-refractivity contribution in [2.75, 3.05) is 18.0 Å². The lowest BCUT2D eigenvalue weighted by atomic mass is 10.1. The molecule has 1 heterocycles. The second kappa shape index (κ2) is 16.4. The van der Waals surface area contributed by atoms with E-state index in [2.05, 4.69) is 30.9 Å². The van der Waals surface area contributed by atoms with Crippen molar-refractivity contribution in [2.45, 2.75) is 65.2 Å². The molecule has 42 heavy (non-hydrogen) atoms. The van der Waals surface area contributed by atoms with E-state index in [-0.39, 0.29) is 22.4 Å². The first-order chi connectivity index (χ1) is 20.5. The minimum atomic E-state index is -0.678. The summed E-state index contributed by atoms with van der Waals surface area (Å²) in [4.78, 5) is 29.4. The zero-order valence-electron chi connectivity index (χ0n) is 24.5. The summed E-state index contributed by atoms with van der Waals surface area (Å²) in [6.45, 7) is 6.50. The van der Waals surface area contributed by atoms with Gasteiger partial charge in [0.25, 0.3) is 11.8 Å². The van der Waals surface area contributed by atoms with Gasteiger partial charge < -0.3 is 4.90 Å². The van der Waals surface area contributed by atoms with E-state index in [1.807, 2.05) is 18.2 Å². The SMILES string of the molecule is CCCCCCN(CCCCCC)c1ccc(/C=C/C=C(\C#N)C(=C(C#N)C#N)N2C(=O)c3ccccc3C2=O)cc1. The highest BCUT2D eigenvalue weighted by Crippen LogP contribution is 2.31. The Kier molecular flexibility index (Phi) is 12.3. The Labute approximate surface area is 249 Å². The maximum absolute atomic E-state index is 13.1. The van der Waals surface area contributed by atoms with Gasteiger partial charge in [-0.2, -0.15) is 15.8 Å². The zero-order valence-corrected chi connectivity index (χ0v) is 24.5. The van der Waals surface area contributed by atoms with Crippen molar-refractivity contribution in [3.8, 4) is 18.2 Å². The standard InChI is InChI=1S/C35H37N5O2/c1-3-5-7-11-22-39(23-12-8-6-4-2)30-20-18-27(19-21-30)14-13-15-28(24-36)33(29(25-37)26-38)40-34(41)31-16-9-10-17-32(31)35(40)42/h9-10,13-21H,3-8,11-12,22-23H2,1-2H3/b14-13+,28-15+. The van der Waals surface area contributed by atoms with Gasteiger partial charge in [0.15, 0.2) is 5.57 Å². The fraction of sp³-hybridized carbons (Fsp3) is 0.343. The van der Waals surface area contributed by atoms with Crippen LogP contribution in [0.5, 0.6) is 0 Å². The van der Waals surface area contributed by atoms with Crippen LogP contribution in [0, 0.1) is 34.0 Å². The van der Waals surface area contributed by atoms with Gasteiger partial charge in [-0.15, -0.1) is 0 Å². The summed E-state index contributed by atoms with van der Waals surface area (Å²) in [6.07, 6.45) is 14.5. The van der Waals surface area contributed by atoms with E-state index >= 15 is 0 Å². The van der Waals surface area contributed by atoms with Crippen LogP contribution in [0.15, 0.2) is 77.5 Å². The molecule has 0 saturated carbocycles. The molecule has 2 aromatic rings. The summed E-state index contributed by atoms with van der Waals surface area (Å²) < 4.78 is 0. The van der Waals surface area contributed by atoms with Crippen molar-refractivity contribution >= 4 is 23.6 Å². The number of nitriles is 3. The summed E-state index contributed by atoms with van der Waals surface area (Å²) in [5.41, 5.74) is 1.46. The zero-order chi connectivity index (χ0) is 30.3. The number of hydrogen-bond acceptors (Lipinski definition) is 6. The number of anilines is 1. The number of unbranched alkanes of at least 4 members (excludes halogenated alkanes) is 6. The average Bonchev–Trinajstić information content (AvgIpc) is 3.27. The van der Waals surface area contributed by atoms with Crippen LogP contribution >= 0.6 is 0 Å². The van der Waals surface area contributed by atoms with Gasteiger partial charge in [-0.1, -0.05) is 88.8 Å². The molecule has 0 N–H and O–H groups in total. The molecule has 0 aliphatic carbocycles. The fourth-order valence-electron chi connectivity index (χ4n) is 4.94. The average molecular weight is 560 g/mol. The van der Waals surface area contributed by atoms with Crippen LogP contribution in [0.4, 0.5) is 5.69 Å². The molecule has 0 unspecified atom stereocenters. The van der Waals surface area contributed by atoms with E-state index in [0.29, 0.717) is 0 Å². The molecular weight excluding hydrogens is 522 g/mol. The summed E-state index contributed by atoms with van der Waals surface area (Å²) in [6, 6.07) is 19.9. The molecule has 3 rings (SSSR count). The fourth-order valence-corrected chi connectivity index (χ4v) is 4.94. The topological polar surface area (TPSA) is 112 Å². The summed E-state index contributed by atoms with van der Waals surface area (Å²) in [5.74, 6) is -1.36. The second-order valence-electron chi connectivity index (χ2n) is 10.2. The van der Waals surface area contributed by atoms with Crippen molar-refractivity contribution in [1.29, 1.82) is 15.8 Å². The predicted octanol–water partition coefficient (Wildman–Crippen LogP) is 7.71. The lowest BCUT2D eigenvalue weighted by molar-refractivity contribution is 0.0707. The van der Waals surface area contributed by atoms with Crippen molar-refractivity contribution in [3.05, 3.63) is 94.2 Å². The van der Waals surface area contributed by atoms with Gasteiger partial charge in [-0.05, 0) is 48.7 Å². The van der Waals surface area contributed by atoms with Gasteiger partial charge in [0.05, 0.1) is 22.4 Å². The molecule has 0 atom stereocenters. The van der Waals surface area contributed by atoms with Crippen molar-refractivity contribution in [2.24, 2.45) is 0 Å². The first-order valence-corrected chi connectivity index (χ1v) is 14.7. The molecule has 0 aromatic heterocycles. The molecule has 214 valence electrons. The molecular formula is C35H37N5O2. The maximum atomic E-state index is 13.1. The van der Waals surface area contributed by atoms with Gasteiger partial charge in [-0.25, -0.2) is 4.90 Å². The number of hydrogen-bond donors (Lipinski definition) is 0. The highest BCUT2D eigenvalue weighted by molar-refractivity contribution is 6.23. The van der Waals surface area contributed by atoms with E-state index in [1.165, 1.54) is 75.3 Å². The first kappa shape index (κ1) is 31.6. The van der Waals surface area contributed by atoms with Crippen molar-refractivity contribution < 1.29 is 9.59 Å². The third kappa shape index (κ3) is 7.84. The quantitative estimate of drug-likeness (QED) is 0.0956. The highest BCUT2D eigenvalue weighted by atomic mass is 16.2. The van der Waals surface area contributed by atoms with Gasteiger partial charge in [0, 0.05) is 18.8 Å². The van der Waals surface area contributed by atoms with E-state index in [4.69, 9.17) is 0 Å². The van der Waals surface area contributed by atoms with E-state index < -0.39 is 17.4 Å². The van der Waals surface area contributed by atoms with E-state index in [0.717, 1.165) is 23.6 Å². The Hall–Kier alpha value is -4.93. The van der Waals surface area contributed by atoms with Gasteiger partial charge >= 0.3 is 0 Å². The molecule has 7 heteroatoms. The smallest absolute Gasteiger partial charge is 0.266 e. The number of amides is 2. The van der Waals surface area contributed by atoms with Gasteiger partial charge in [-0.3, -0.25) is 9.59 Å². The summed E-state index contributed by atoms with van der Waals surface area (Å²) in [5, 5.41) is 29.1. The van der Waals surface area contributed by atoms with Crippen LogP contribution in [0.2, 0.25) is 0 Å². The van der Waals surface area contributed by atoms with Gasteiger partial charge in [0.1, 0.15) is 18.2 Å². The van der Waals surface area contributed by atoms with E-state index in [9.17, 15) is 25.4 Å². The molecule has 0 bridgehead atoms. The Balaban J connectivity index is 1.83. The monoisotopic (exact) mass is 559 g/mol. The molecule has 2 amide bonds. The van der Waals surface area contributed by atoms with Crippen molar-refractivity contribution in [1.82, 2.24) is 4.90 Å². The molecule has 1 aliphatic heterocycles. The third-order valence-electron chi connectivity index (χ3n) is 7.23. The number of fused-ring (bicyclic) bond motifs is 1. The van der Waals surface area contributed by atoms with Crippen molar-refractivity contribution in [3.63, 3.8) is 0 Å². The van der Waals surface area contributed by atoms with Crippen LogP contribution in [0.3, 0.4) is 0 Å². The van der Waals surface area contributed by atoms with Gasteiger partial charge in [0.2, 0.25) is 0 Å². The molecule has 0 radical (unpaired) electrons. The summed E-state index contributed by atoms with van der Waals surface area (Å²) in [7, 11) is 0. The molecule has 0 spiro atoms. The lowest BCUT2D eigenvalue weighted by Gasteiger charge is -2.25. The molecule has 0 fully saturated rings. The number of imide groups is 1. The van der Waals surface area contributed by atoms with Crippen LogP contribution < -0.4 is 4.90 Å². The minimum Gasteiger partial charge on any atom is -0.372 e. The molecule has 0 saturated heterocycles. The molecule has 1 aliphatic rings. The normalized spacial score (nSPS) is 12.5. The van der Waals surface area contributed by atoms with E-state index in [1.54, 1.807) is 36.4 Å². The van der Waals surface area contributed by atoms with Crippen LogP contribution in [0.1, 0.15) is 91.5 Å². The number of carbonyl (C=O) groups is 2. The number of benzene rings is 2. The Bertz CT molecular complexity index is 1420. The Morgan fingerprint density at radius 3 is 1.79 bits per heavy atom. The predicted molar refractivity (Wildman–Crippen MR) is 165 cm³/mol. The minimum absolute atomic E-state index is 0.138. The van der Waals surface area contributed by atoms with Crippen LogP contribution in [0.25, 0.3) is 6.08 Å². The Morgan fingerprint density at radius 2 is 1.31 bits per heavy atom. The second-order valence-corrected chi connectivity index (χ2v) is 10.2. The van der Waals surface area contributed by atoms with Crippen LogP contribution in [-0.2, 0) is 0 Å². The third-order valence-corrected chi connectivity index (χ3v) is 7.23. The number of carbonyl (C=O) groups excluding carboxylic acids is 2. The number of nitrogens with zero attached hydrogens (tertiary/aromatic N) is 5. The number of allylic oxidation sites excluding steroid dienone is 4. The lowest BCUT2D eigenvalue weighted by Crippen LogP contribution is -2.30. The Morgan fingerprint density at radius 1 is 0.762 bits per heavy atom. The summed E-state index contributed by atoms with van der Waals surface area (Å²) >= 11 is 0.